The predicted molar refractivity (Wildman–Crippen MR) is 371 cm³/mol. The van der Waals surface area contributed by atoms with Gasteiger partial charge in [0.1, 0.15) is 48.3 Å². The van der Waals surface area contributed by atoms with Crippen molar-refractivity contribution in [2.24, 2.45) is 45.7 Å². The molecule has 109 heavy (non-hydrogen) atoms. The van der Waals surface area contributed by atoms with E-state index in [9.17, 15) is 94.7 Å². The number of rotatable bonds is 23. The number of aliphatic hydroxyl groups is 4. The van der Waals surface area contributed by atoms with Crippen molar-refractivity contribution in [2.75, 3.05) is 26.3 Å². The zero-order chi connectivity index (χ0) is 83.8. The second-order valence-electron chi connectivity index (χ2n) is 26.5. The number of aliphatic imine (C=N–C) groups is 1. The van der Waals surface area contributed by atoms with Crippen molar-refractivity contribution in [1.29, 1.82) is 0 Å². The van der Waals surface area contributed by atoms with Crippen LogP contribution in [0.2, 0.25) is 0 Å². The summed E-state index contributed by atoms with van der Waals surface area (Å²) in [5, 5.41) is 82.4. The lowest BCUT2D eigenvalue weighted by atomic mass is 9.95. The number of halogens is 6. The van der Waals surface area contributed by atoms with Crippen LogP contribution in [0.15, 0.2) is 65.7 Å². The van der Waals surface area contributed by atoms with Gasteiger partial charge in [-0.15, -0.1) is 0 Å². The summed E-state index contributed by atoms with van der Waals surface area (Å²) in [4.78, 5) is 193. The molecule has 1 fully saturated rings. The number of cyclic esters (lactones) is 1. The summed E-state index contributed by atoms with van der Waals surface area (Å²) in [6, 6.07) is -2.88. The summed E-state index contributed by atoms with van der Waals surface area (Å²) < 4.78 is 75.4. The fraction of sp³-hybridized carbons (Fsp3) is 0.591. The smallest absolute Gasteiger partial charge is 0.475 e. The minimum Gasteiger partial charge on any atom is -0.475 e. The van der Waals surface area contributed by atoms with Gasteiger partial charge in [-0.25, -0.2) is 14.4 Å². The third kappa shape index (κ3) is 35.0. The molecule has 612 valence electrons. The van der Waals surface area contributed by atoms with Crippen LogP contribution in [0.4, 0.5) is 26.3 Å². The number of hydrogen-bond donors (Lipinski definition) is 20. The first-order valence-electron chi connectivity index (χ1n) is 33.7. The monoisotopic (exact) mass is 1570 g/mol. The maximum Gasteiger partial charge on any atom is 0.490 e. The Labute approximate surface area is 621 Å². The maximum absolute atomic E-state index is 15.5. The van der Waals surface area contributed by atoms with Gasteiger partial charge in [0.2, 0.25) is 65.0 Å². The predicted octanol–water partition coefficient (Wildman–Crippen LogP) is -4.20. The Kier molecular flexibility index (Phi) is 40.3. The van der Waals surface area contributed by atoms with Gasteiger partial charge in [-0.1, -0.05) is 109 Å². The van der Waals surface area contributed by atoms with E-state index in [2.05, 4.69) is 47.5 Å². The fourth-order valence-electron chi connectivity index (χ4n) is 9.41. The molecular formula is C66H99F6N15O22. The van der Waals surface area contributed by atoms with Crippen LogP contribution in [-0.2, 0) is 83.0 Å². The number of carboxylic acids is 2. The summed E-state index contributed by atoms with van der Waals surface area (Å²) >= 11 is 0. The standard InChI is InChI=1S/C62H97N15O18.2C2HF3O2/c1-11-32(6)42-56(89)75-43(33(7)79)55(88)68-27-41(80)73-45(48(82)50(64)83)58(91)71-39(28-78)60(93)95-49(35-21-16-13-17-22-35)46(77-54(87)40(29-94-62(8,9)10)72-51(84)36(63)26-34-19-14-12-15-20-34)59(92)76-44(47(81)31(4)5)57(90)70-38(25-30(2)3)53(86)69-37(52(85)74-42)23-18-24-67-61(65)66;2*3-2(4,5)1(6)7/h12-17,19-22,30-33,36-40,42-49,78-79,81-82H,11,18,23-29,63H2,1-10H3,(H2,64,83)(H,68,88)(H,69,86)(H,70,90)(H,71,91)(H,72,84)(H,73,80)(H,74,85)(H,75,89)(H,76,92)(H,77,87)(H4,65,66,67);2*(H,6,7)/t32-,33-,36+,37+,38-,39-,40-,42-,43-,44-,45-,46-,47+,48-,49+;;/m0../s1. The molecule has 1 saturated heterocycles. The Morgan fingerprint density at radius 1 is 0.642 bits per heavy atom. The van der Waals surface area contributed by atoms with E-state index in [0.29, 0.717) is 5.56 Å². The van der Waals surface area contributed by atoms with E-state index in [-0.39, 0.29) is 50.2 Å². The Morgan fingerprint density at radius 2 is 1.13 bits per heavy atom. The van der Waals surface area contributed by atoms with Crippen LogP contribution < -0.4 is 76.1 Å². The molecule has 15 atom stereocenters. The molecule has 0 aliphatic carbocycles. The van der Waals surface area contributed by atoms with Crippen LogP contribution in [-0.4, -0.2) is 242 Å². The highest BCUT2D eigenvalue weighted by Gasteiger charge is 2.45. The first-order valence-corrected chi connectivity index (χ1v) is 33.7. The van der Waals surface area contributed by atoms with Crippen LogP contribution in [0, 0.1) is 17.8 Å². The molecule has 1 aliphatic rings. The number of nitrogens with zero attached hydrogens (tertiary/aromatic N) is 1. The molecule has 24 N–H and O–H groups in total. The molecule has 0 unspecified atom stereocenters. The number of carbonyl (C=O) groups is 14. The van der Waals surface area contributed by atoms with Gasteiger partial charge in [0, 0.05) is 6.54 Å². The van der Waals surface area contributed by atoms with Crippen molar-refractivity contribution in [3.63, 3.8) is 0 Å². The van der Waals surface area contributed by atoms with Gasteiger partial charge in [-0.3, -0.25) is 57.7 Å². The summed E-state index contributed by atoms with van der Waals surface area (Å²) in [6.07, 6.45) is -18.5. The number of nitrogens with one attached hydrogen (secondary N) is 10. The van der Waals surface area contributed by atoms with Crippen LogP contribution in [0.3, 0.4) is 0 Å². The van der Waals surface area contributed by atoms with Crippen LogP contribution in [0.1, 0.15) is 112 Å². The molecule has 43 heteroatoms. The van der Waals surface area contributed by atoms with Crippen molar-refractivity contribution in [1.82, 2.24) is 53.2 Å². The van der Waals surface area contributed by atoms with Crippen molar-refractivity contribution < 1.29 is 134 Å². The van der Waals surface area contributed by atoms with E-state index in [1.54, 1.807) is 78.8 Å². The summed E-state index contributed by atoms with van der Waals surface area (Å²) in [5.74, 6) is -22.9. The average Bonchev–Trinajstić information content (AvgIpc) is 0.811. The van der Waals surface area contributed by atoms with Gasteiger partial charge < -0.3 is 116 Å². The van der Waals surface area contributed by atoms with Crippen LogP contribution in [0.5, 0.6) is 0 Å². The number of hydrogen-bond acceptors (Lipinski definition) is 22. The second kappa shape index (κ2) is 45.4. The molecule has 0 bridgehead atoms. The topological polar surface area (TPSA) is 616 Å². The number of aliphatic carboxylic acids is 2. The first kappa shape index (κ1) is 96.6. The van der Waals surface area contributed by atoms with Crippen LogP contribution in [0.25, 0.3) is 0 Å². The van der Waals surface area contributed by atoms with E-state index in [4.69, 9.17) is 52.2 Å². The van der Waals surface area contributed by atoms with Gasteiger partial charge in [0.25, 0.3) is 0 Å². The molecular weight excluding hydrogens is 1470 g/mol. The van der Waals surface area contributed by atoms with Crippen molar-refractivity contribution in [3.8, 4) is 0 Å². The van der Waals surface area contributed by atoms with Crippen molar-refractivity contribution in [2.45, 2.75) is 204 Å². The number of carbonyl (C=O) groups excluding carboxylic acids is 12. The molecule has 2 aromatic carbocycles. The highest BCUT2D eigenvalue weighted by molar-refractivity contribution is 6.00. The van der Waals surface area contributed by atoms with E-state index in [0.717, 1.165) is 6.92 Å². The van der Waals surface area contributed by atoms with Crippen molar-refractivity contribution >= 4 is 88.8 Å². The fourth-order valence-corrected chi connectivity index (χ4v) is 9.41. The molecule has 1 heterocycles. The van der Waals surface area contributed by atoms with Gasteiger partial charge >= 0.3 is 30.3 Å². The molecule has 1 aliphatic heterocycles. The molecule has 0 radical (unpaired) electrons. The number of aliphatic hydroxyl groups excluding tert-OH is 4. The van der Waals surface area contributed by atoms with Gasteiger partial charge in [-0.05, 0) is 82.3 Å². The van der Waals surface area contributed by atoms with E-state index in [1.165, 1.54) is 44.2 Å². The second-order valence-corrected chi connectivity index (χ2v) is 26.5. The Morgan fingerprint density at radius 3 is 1.61 bits per heavy atom. The Hall–Kier alpha value is -10.4. The molecule has 0 saturated carbocycles. The molecule has 3 rings (SSSR count). The lowest BCUT2D eigenvalue weighted by Crippen LogP contribution is -2.64. The van der Waals surface area contributed by atoms with Gasteiger partial charge in [0.05, 0.1) is 43.6 Å². The SMILES string of the molecule is CC[C@H](C)[C@@H]1NC(=O)[C@@H](CCCN=C(N)N)NC(=O)[C@H](CC(C)C)NC(=O)[C@H]([C@H](O)C(C)C)NC(=O)[C@@H](NC(=O)[C@H](COC(C)(C)C)NC(=O)[C@H](N)Cc2ccccc2)[C@@H](c2ccccc2)OC(=O)[C@H](CO)NC(=O)[C@H]([C@H](O)C(N)=O)NC(=O)CNC(=O)[C@H]([C@H](C)O)NC1=O.O=C(O)C(F)(F)F.O=C(O)C(F)(F)F. The third-order valence-corrected chi connectivity index (χ3v) is 15.5. The summed E-state index contributed by atoms with van der Waals surface area (Å²) in [5.41, 5.74) is 22.4. The summed E-state index contributed by atoms with van der Waals surface area (Å²) in [7, 11) is 0. The minimum atomic E-state index is -5.08. The van der Waals surface area contributed by atoms with Gasteiger partial charge in [-0.2, -0.15) is 26.3 Å². The normalized spacial score (nSPS) is 22.4. The number of benzene rings is 2. The number of amides is 11. The number of alkyl halides is 6. The Bertz CT molecular complexity index is 3400. The number of primary amides is 1. The highest BCUT2D eigenvalue weighted by atomic mass is 19.4. The largest absolute Gasteiger partial charge is 0.490 e. The van der Waals surface area contributed by atoms with Gasteiger partial charge in [0.15, 0.2) is 24.2 Å². The van der Waals surface area contributed by atoms with E-state index in [1.807, 2.05) is 10.6 Å². The number of guanidine groups is 1. The zero-order valence-corrected chi connectivity index (χ0v) is 61.2. The number of nitrogens with two attached hydrogens (primary N) is 4. The quantitative estimate of drug-likeness (QED) is 0.0165. The lowest BCUT2D eigenvalue weighted by Gasteiger charge is -2.34. The number of ether oxygens (including phenoxy) is 2. The molecule has 2 aromatic rings. The molecule has 0 spiro atoms. The minimum absolute atomic E-state index is 0.00436. The molecule has 0 aromatic heterocycles. The Balaban J connectivity index is 0.00000384. The van der Waals surface area contributed by atoms with E-state index >= 15 is 9.59 Å². The first-order chi connectivity index (χ1) is 50.4. The molecule has 11 amide bonds. The van der Waals surface area contributed by atoms with E-state index < -0.39 is 223 Å². The zero-order valence-electron chi connectivity index (χ0n) is 61.2. The third-order valence-electron chi connectivity index (χ3n) is 15.5. The number of carboxylic acid groups (broad SMARTS) is 2. The number of esters is 1. The molecule has 37 nitrogen and oxygen atoms in total. The highest BCUT2D eigenvalue weighted by Crippen LogP contribution is 2.25. The van der Waals surface area contributed by atoms with Crippen molar-refractivity contribution in [3.05, 3.63) is 71.8 Å². The van der Waals surface area contributed by atoms with Crippen LogP contribution >= 0.6 is 0 Å². The summed E-state index contributed by atoms with van der Waals surface area (Å²) in [6.45, 7) is 12.5. The maximum atomic E-state index is 15.5. The lowest BCUT2D eigenvalue weighted by molar-refractivity contribution is -0.193. The average molecular weight is 1570 g/mol.